The molecular weight excluding hydrogens is 560 g/mol. The molecule has 0 bridgehead atoms. The van der Waals surface area contributed by atoms with Crippen molar-refractivity contribution >= 4 is 62.4 Å². The van der Waals surface area contributed by atoms with Gasteiger partial charge in [-0.2, -0.15) is 0 Å². The van der Waals surface area contributed by atoms with Crippen molar-refractivity contribution in [2.24, 2.45) is 5.73 Å². The number of thiophene rings is 1. The summed E-state index contributed by atoms with van der Waals surface area (Å²) in [5, 5.41) is 4.14. The Bertz CT molecular complexity index is 1280. The van der Waals surface area contributed by atoms with Crippen LogP contribution in [-0.2, 0) is 20.8 Å². The van der Waals surface area contributed by atoms with Gasteiger partial charge in [-0.3, -0.25) is 14.4 Å². The molecule has 0 spiro atoms. The normalized spacial score (nSPS) is 18.2. The highest BCUT2D eigenvalue weighted by Gasteiger charge is 2.44. The SMILES string of the molecule is C[C@@H](C(N)=O)N(C(=O)Cc1cc(F)cc(F)c1)[C@@H]1C(=O)Nc2ccccc2S[C@@H]1c1cc(Br)cs1. The molecule has 0 unspecified atom stereocenters. The molecule has 3 aromatic rings. The van der Waals surface area contributed by atoms with Gasteiger partial charge < -0.3 is 16.0 Å². The molecule has 11 heteroatoms. The van der Waals surface area contributed by atoms with E-state index in [2.05, 4.69) is 21.2 Å². The molecule has 1 aromatic heterocycles. The summed E-state index contributed by atoms with van der Waals surface area (Å²) in [5.41, 5.74) is 6.24. The third-order valence-electron chi connectivity index (χ3n) is 5.52. The predicted octanol–water partition coefficient (Wildman–Crippen LogP) is 4.89. The fraction of sp³-hybridized carbons (Fsp3) is 0.208. The Morgan fingerprint density at radius 2 is 1.86 bits per heavy atom. The van der Waals surface area contributed by atoms with Crippen LogP contribution >= 0.6 is 39.0 Å². The second-order valence-electron chi connectivity index (χ2n) is 7.97. The van der Waals surface area contributed by atoms with Crippen molar-refractivity contribution in [2.45, 2.75) is 35.6 Å². The van der Waals surface area contributed by atoms with Crippen molar-refractivity contribution in [3.8, 4) is 0 Å². The molecule has 3 amide bonds. The maximum absolute atomic E-state index is 13.8. The number of thioether (sulfide) groups is 1. The first-order valence-corrected chi connectivity index (χ1v) is 13.0. The number of anilines is 1. The van der Waals surface area contributed by atoms with Crippen LogP contribution in [0.5, 0.6) is 0 Å². The van der Waals surface area contributed by atoms with Crippen molar-refractivity contribution in [2.75, 3.05) is 5.32 Å². The lowest BCUT2D eigenvalue weighted by atomic mass is 10.0. The minimum absolute atomic E-state index is 0.0783. The zero-order valence-electron chi connectivity index (χ0n) is 18.3. The van der Waals surface area contributed by atoms with Crippen LogP contribution in [0.15, 0.2) is 63.3 Å². The number of nitrogens with two attached hydrogens (primary N) is 1. The molecule has 1 aliphatic rings. The number of nitrogens with one attached hydrogen (secondary N) is 1. The number of hydrogen-bond acceptors (Lipinski definition) is 5. The van der Waals surface area contributed by atoms with Gasteiger partial charge in [-0.1, -0.05) is 12.1 Å². The van der Waals surface area contributed by atoms with Gasteiger partial charge in [0.25, 0.3) is 0 Å². The lowest BCUT2D eigenvalue weighted by Crippen LogP contribution is -2.57. The Kier molecular flexibility index (Phi) is 7.58. The van der Waals surface area contributed by atoms with E-state index in [0.717, 1.165) is 31.3 Å². The van der Waals surface area contributed by atoms with Gasteiger partial charge in [0.2, 0.25) is 17.7 Å². The number of halogens is 3. The van der Waals surface area contributed by atoms with Crippen LogP contribution in [0.4, 0.5) is 14.5 Å². The summed E-state index contributed by atoms with van der Waals surface area (Å²) in [6.45, 7) is 1.43. The number of carbonyl (C=O) groups excluding carboxylic acids is 3. The van der Waals surface area contributed by atoms with Crippen molar-refractivity contribution < 1.29 is 23.2 Å². The molecule has 0 saturated heterocycles. The van der Waals surface area contributed by atoms with E-state index in [4.69, 9.17) is 5.73 Å². The average Bonchev–Trinajstić information content (AvgIpc) is 3.15. The van der Waals surface area contributed by atoms with Crippen molar-refractivity contribution in [1.82, 2.24) is 4.90 Å². The number of benzene rings is 2. The van der Waals surface area contributed by atoms with E-state index < -0.39 is 53.1 Å². The second-order valence-corrected chi connectivity index (χ2v) is 11.0. The predicted molar refractivity (Wildman–Crippen MR) is 135 cm³/mol. The molecule has 1 aliphatic heterocycles. The number of carbonyl (C=O) groups is 3. The largest absolute Gasteiger partial charge is 0.368 e. The van der Waals surface area contributed by atoms with E-state index in [1.807, 2.05) is 23.6 Å². The quantitative estimate of drug-likeness (QED) is 0.435. The first-order valence-electron chi connectivity index (χ1n) is 10.5. The molecule has 35 heavy (non-hydrogen) atoms. The molecule has 0 saturated carbocycles. The molecule has 0 radical (unpaired) electrons. The van der Waals surface area contributed by atoms with Crippen LogP contribution in [0.2, 0.25) is 0 Å². The lowest BCUT2D eigenvalue weighted by molar-refractivity contribution is -0.144. The van der Waals surface area contributed by atoms with E-state index in [1.165, 1.54) is 30.0 Å². The maximum Gasteiger partial charge on any atom is 0.248 e. The van der Waals surface area contributed by atoms with Crippen molar-refractivity contribution in [1.29, 1.82) is 0 Å². The fourth-order valence-electron chi connectivity index (χ4n) is 3.91. The Hall–Kier alpha value is -2.76. The van der Waals surface area contributed by atoms with E-state index >= 15 is 0 Å². The standard InChI is InChI=1S/C24H20BrF2N3O3S2/c1-12(23(28)32)30(20(31)8-13-6-15(26)10-16(27)7-13)21-22(19-9-14(25)11-34-19)35-18-5-3-2-4-17(18)29-24(21)33/h2-7,9-12,21-22H,8H2,1H3,(H2,28,32)(H,29,33)/t12-,21-,22+/m0/s1. The van der Waals surface area contributed by atoms with Crippen LogP contribution in [0.25, 0.3) is 0 Å². The number of nitrogens with zero attached hydrogens (tertiary/aromatic N) is 1. The third kappa shape index (κ3) is 5.57. The first kappa shape index (κ1) is 25.3. The highest BCUT2D eigenvalue weighted by atomic mass is 79.9. The molecule has 0 fully saturated rings. The van der Waals surface area contributed by atoms with Gasteiger partial charge in [-0.05, 0) is 58.7 Å². The van der Waals surface area contributed by atoms with Gasteiger partial charge >= 0.3 is 0 Å². The minimum atomic E-state index is -1.16. The van der Waals surface area contributed by atoms with Gasteiger partial charge in [0.05, 0.1) is 17.4 Å². The maximum atomic E-state index is 13.8. The van der Waals surface area contributed by atoms with E-state index in [0.29, 0.717) is 11.8 Å². The zero-order chi connectivity index (χ0) is 25.3. The number of rotatable bonds is 6. The van der Waals surface area contributed by atoms with E-state index in [9.17, 15) is 23.2 Å². The summed E-state index contributed by atoms with van der Waals surface area (Å²) < 4.78 is 28.3. The Balaban J connectivity index is 1.80. The zero-order valence-corrected chi connectivity index (χ0v) is 21.6. The van der Waals surface area contributed by atoms with Crippen LogP contribution in [0.3, 0.4) is 0 Å². The Labute approximate surface area is 217 Å². The van der Waals surface area contributed by atoms with Crippen molar-refractivity contribution in [3.05, 3.63) is 80.5 Å². The molecule has 3 atom stereocenters. The Morgan fingerprint density at radius 3 is 2.49 bits per heavy atom. The van der Waals surface area contributed by atoms with Gasteiger partial charge in [-0.25, -0.2) is 8.78 Å². The van der Waals surface area contributed by atoms with Crippen LogP contribution in [-0.4, -0.2) is 34.7 Å². The van der Waals surface area contributed by atoms with Crippen LogP contribution in [0.1, 0.15) is 22.6 Å². The second kappa shape index (κ2) is 10.5. The molecule has 182 valence electrons. The number of fused-ring (bicyclic) bond motifs is 1. The smallest absolute Gasteiger partial charge is 0.248 e. The lowest BCUT2D eigenvalue weighted by Gasteiger charge is -2.37. The highest BCUT2D eigenvalue weighted by Crippen LogP contribution is 2.47. The minimum Gasteiger partial charge on any atom is -0.368 e. The van der Waals surface area contributed by atoms with Gasteiger partial charge in [-0.15, -0.1) is 23.1 Å². The summed E-state index contributed by atoms with van der Waals surface area (Å²) >= 11 is 6.22. The fourth-order valence-corrected chi connectivity index (χ4v) is 6.92. The van der Waals surface area contributed by atoms with Gasteiger partial charge in [0.1, 0.15) is 23.7 Å². The molecule has 6 nitrogen and oxygen atoms in total. The average molecular weight is 580 g/mol. The van der Waals surface area contributed by atoms with E-state index in [-0.39, 0.29) is 5.56 Å². The first-order chi connectivity index (χ1) is 16.6. The molecule has 3 N–H and O–H groups in total. The molecule has 2 aromatic carbocycles. The summed E-state index contributed by atoms with van der Waals surface area (Å²) in [6.07, 6.45) is -0.422. The highest BCUT2D eigenvalue weighted by molar-refractivity contribution is 9.10. The van der Waals surface area contributed by atoms with Crippen LogP contribution < -0.4 is 11.1 Å². The van der Waals surface area contributed by atoms with Gasteiger partial charge in [0, 0.05) is 25.7 Å². The number of para-hydroxylation sites is 1. The topological polar surface area (TPSA) is 92.5 Å². The van der Waals surface area contributed by atoms with Crippen LogP contribution in [0, 0.1) is 11.6 Å². The number of amides is 3. The molecular formula is C24H20BrF2N3O3S2. The van der Waals surface area contributed by atoms with Gasteiger partial charge in [0.15, 0.2) is 0 Å². The summed E-state index contributed by atoms with van der Waals surface area (Å²) in [7, 11) is 0. The molecule has 0 aliphatic carbocycles. The number of hydrogen-bond donors (Lipinski definition) is 2. The summed E-state index contributed by atoms with van der Waals surface area (Å²) in [6, 6.07) is 9.58. The Morgan fingerprint density at radius 1 is 1.17 bits per heavy atom. The van der Waals surface area contributed by atoms with Crippen molar-refractivity contribution in [3.63, 3.8) is 0 Å². The number of primary amides is 1. The summed E-state index contributed by atoms with van der Waals surface area (Å²) in [5.74, 6) is -3.63. The summed E-state index contributed by atoms with van der Waals surface area (Å²) in [4.78, 5) is 42.2. The van der Waals surface area contributed by atoms with E-state index in [1.54, 1.807) is 12.1 Å². The third-order valence-corrected chi connectivity index (χ3v) is 8.82. The monoisotopic (exact) mass is 579 g/mol. The molecule has 4 rings (SSSR count). The molecule has 2 heterocycles.